The van der Waals surface area contributed by atoms with Crippen LogP contribution in [-0.2, 0) is 4.79 Å². The third-order valence-corrected chi connectivity index (χ3v) is 4.12. The predicted octanol–water partition coefficient (Wildman–Crippen LogP) is 5.42. The fourth-order valence-corrected chi connectivity index (χ4v) is 2.66. The van der Waals surface area contributed by atoms with E-state index in [1.807, 2.05) is 42.5 Å². The zero-order chi connectivity index (χ0) is 19.8. The highest BCUT2D eigenvalue weighted by Gasteiger charge is 2.05. The first-order valence-electron chi connectivity index (χ1n) is 8.59. The van der Waals surface area contributed by atoms with E-state index in [-0.39, 0.29) is 12.5 Å². The van der Waals surface area contributed by atoms with E-state index in [0.29, 0.717) is 16.3 Å². The van der Waals surface area contributed by atoms with Gasteiger partial charge in [-0.2, -0.15) is 5.26 Å². The first-order chi connectivity index (χ1) is 13.6. The molecule has 0 saturated heterocycles. The van der Waals surface area contributed by atoms with Gasteiger partial charge < -0.3 is 10.1 Å². The highest BCUT2D eigenvalue weighted by molar-refractivity contribution is 6.30. The molecule has 138 valence electrons. The third kappa shape index (κ3) is 5.47. The van der Waals surface area contributed by atoms with Crippen LogP contribution in [-0.4, -0.2) is 12.5 Å². The molecule has 0 unspecified atom stereocenters. The average molecular weight is 389 g/mol. The summed E-state index contributed by atoms with van der Waals surface area (Å²) >= 11 is 5.90. The van der Waals surface area contributed by atoms with Crippen molar-refractivity contribution >= 4 is 34.8 Å². The normalized spacial score (nSPS) is 10.8. The molecular weight excluding hydrogens is 372 g/mol. The molecule has 1 amide bonds. The van der Waals surface area contributed by atoms with Crippen LogP contribution in [0.3, 0.4) is 0 Å². The summed E-state index contributed by atoms with van der Waals surface area (Å²) in [6.45, 7) is -0.107. The van der Waals surface area contributed by atoms with E-state index in [1.54, 1.807) is 42.5 Å². The van der Waals surface area contributed by atoms with Gasteiger partial charge in [0.2, 0.25) is 0 Å². The Labute approximate surface area is 168 Å². The van der Waals surface area contributed by atoms with Gasteiger partial charge in [0.1, 0.15) is 5.75 Å². The summed E-state index contributed by atoms with van der Waals surface area (Å²) in [4.78, 5) is 12.0. The molecule has 28 heavy (non-hydrogen) atoms. The summed E-state index contributed by atoms with van der Waals surface area (Å²) in [6, 6.07) is 25.7. The fourth-order valence-electron chi connectivity index (χ4n) is 2.54. The highest BCUT2D eigenvalue weighted by atomic mass is 35.5. The zero-order valence-electron chi connectivity index (χ0n) is 14.9. The summed E-state index contributed by atoms with van der Waals surface area (Å²) < 4.78 is 5.58. The van der Waals surface area contributed by atoms with E-state index in [9.17, 15) is 10.1 Å². The molecule has 0 aromatic heterocycles. The number of para-hydroxylation sites is 1. The molecule has 0 saturated carbocycles. The number of hydrogen-bond acceptors (Lipinski definition) is 3. The molecule has 1 N–H and O–H groups in total. The molecule has 3 aromatic rings. The standard InChI is InChI=1S/C23H17ClN2O2/c24-20-11-9-18(10-12-20)19(15-25)13-17-5-4-8-22(14-17)28-16-23(27)26-21-6-2-1-3-7-21/h1-14H,16H2,(H,26,27)/b19-13+. The highest BCUT2D eigenvalue weighted by Crippen LogP contribution is 2.22. The average Bonchev–Trinajstić information content (AvgIpc) is 2.72. The van der Waals surface area contributed by atoms with Crippen molar-refractivity contribution in [1.82, 2.24) is 0 Å². The van der Waals surface area contributed by atoms with Crippen molar-refractivity contribution in [2.45, 2.75) is 0 Å². The first-order valence-corrected chi connectivity index (χ1v) is 8.97. The molecule has 0 aliphatic carbocycles. The first kappa shape index (κ1) is 19.2. The molecule has 0 atom stereocenters. The quantitative estimate of drug-likeness (QED) is 0.453. The Morgan fingerprint density at radius 3 is 2.50 bits per heavy atom. The number of benzene rings is 3. The molecule has 0 heterocycles. The lowest BCUT2D eigenvalue weighted by Gasteiger charge is -2.08. The van der Waals surface area contributed by atoms with Crippen molar-refractivity contribution in [2.24, 2.45) is 0 Å². The topological polar surface area (TPSA) is 62.1 Å². The third-order valence-electron chi connectivity index (χ3n) is 3.87. The summed E-state index contributed by atoms with van der Waals surface area (Å²) in [5.74, 6) is 0.302. The molecule has 5 heteroatoms. The number of carbonyl (C=O) groups is 1. The van der Waals surface area contributed by atoms with Crippen LogP contribution in [0.2, 0.25) is 5.02 Å². The van der Waals surface area contributed by atoms with Crippen LogP contribution in [0.1, 0.15) is 11.1 Å². The number of rotatable bonds is 6. The number of amides is 1. The van der Waals surface area contributed by atoms with E-state index in [4.69, 9.17) is 16.3 Å². The minimum Gasteiger partial charge on any atom is -0.484 e. The Balaban J connectivity index is 1.67. The molecule has 0 fully saturated rings. The van der Waals surface area contributed by atoms with Crippen LogP contribution in [0.5, 0.6) is 5.75 Å². The van der Waals surface area contributed by atoms with Crippen LogP contribution in [0.25, 0.3) is 11.6 Å². The monoisotopic (exact) mass is 388 g/mol. The lowest BCUT2D eigenvalue weighted by Crippen LogP contribution is -2.20. The molecule has 0 aliphatic heterocycles. The van der Waals surface area contributed by atoms with Crippen molar-refractivity contribution < 1.29 is 9.53 Å². The summed E-state index contributed by atoms with van der Waals surface area (Å²) in [7, 11) is 0. The Morgan fingerprint density at radius 2 is 1.79 bits per heavy atom. The zero-order valence-corrected chi connectivity index (χ0v) is 15.7. The number of nitrogens with zero attached hydrogens (tertiary/aromatic N) is 1. The second-order valence-electron chi connectivity index (χ2n) is 5.95. The van der Waals surface area contributed by atoms with Crippen LogP contribution < -0.4 is 10.1 Å². The van der Waals surface area contributed by atoms with E-state index in [0.717, 1.165) is 16.8 Å². The van der Waals surface area contributed by atoms with Gasteiger partial charge in [0.05, 0.1) is 11.6 Å². The van der Waals surface area contributed by atoms with Gasteiger partial charge in [-0.3, -0.25) is 4.79 Å². The van der Waals surface area contributed by atoms with Gasteiger partial charge in [-0.1, -0.05) is 54.1 Å². The second kappa shape index (κ2) is 9.40. The number of carbonyl (C=O) groups excluding carboxylic acids is 1. The van der Waals surface area contributed by atoms with Gasteiger partial charge in [0, 0.05) is 10.7 Å². The van der Waals surface area contributed by atoms with E-state index in [2.05, 4.69) is 11.4 Å². The maximum atomic E-state index is 12.0. The summed E-state index contributed by atoms with van der Waals surface area (Å²) in [6.07, 6.45) is 1.76. The van der Waals surface area contributed by atoms with E-state index >= 15 is 0 Å². The van der Waals surface area contributed by atoms with E-state index in [1.165, 1.54) is 0 Å². The Kier molecular flexibility index (Phi) is 6.46. The number of nitrogens with one attached hydrogen (secondary N) is 1. The van der Waals surface area contributed by atoms with Crippen molar-refractivity contribution in [3.05, 3.63) is 95.0 Å². The number of allylic oxidation sites excluding steroid dienone is 1. The lowest BCUT2D eigenvalue weighted by molar-refractivity contribution is -0.118. The predicted molar refractivity (Wildman–Crippen MR) is 112 cm³/mol. The summed E-state index contributed by atoms with van der Waals surface area (Å²) in [5, 5.41) is 12.8. The Hall–Kier alpha value is -3.55. The van der Waals surface area contributed by atoms with Gasteiger partial charge >= 0.3 is 0 Å². The number of ether oxygens (including phenoxy) is 1. The van der Waals surface area contributed by atoms with E-state index < -0.39 is 0 Å². The number of anilines is 1. The Morgan fingerprint density at radius 1 is 1.04 bits per heavy atom. The summed E-state index contributed by atoms with van der Waals surface area (Å²) in [5.41, 5.74) is 2.80. The van der Waals surface area contributed by atoms with Gasteiger partial charge in [0.15, 0.2) is 6.61 Å². The lowest BCUT2D eigenvalue weighted by atomic mass is 10.0. The molecule has 3 aromatic carbocycles. The number of nitriles is 1. The fraction of sp³-hybridized carbons (Fsp3) is 0.0435. The minimum atomic E-state index is -0.244. The smallest absolute Gasteiger partial charge is 0.262 e. The van der Waals surface area contributed by atoms with Gasteiger partial charge in [-0.15, -0.1) is 0 Å². The molecule has 4 nitrogen and oxygen atoms in total. The van der Waals surface area contributed by atoms with Crippen molar-refractivity contribution in [2.75, 3.05) is 11.9 Å². The maximum Gasteiger partial charge on any atom is 0.262 e. The molecular formula is C23H17ClN2O2. The minimum absolute atomic E-state index is 0.107. The van der Waals surface area contributed by atoms with Crippen LogP contribution in [0.15, 0.2) is 78.9 Å². The molecule has 0 aliphatic rings. The largest absolute Gasteiger partial charge is 0.484 e. The van der Waals surface area contributed by atoms with Crippen LogP contribution in [0.4, 0.5) is 5.69 Å². The van der Waals surface area contributed by atoms with Gasteiger partial charge in [-0.25, -0.2) is 0 Å². The van der Waals surface area contributed by atoms with Gasteiger partial charge in [0.25, 0.3) is 5.91 Å². The van der Waals surface area contributed by atoms with Crippen molar-refractivity contribution in [1.29, 1.82) is 5.26 Å². The van der Waals surface area contributed by atoms with Crippen molar-refractivity contribution in [3.63, 3.8) is 0 Å². The number of halogens is 1. The van der Waals surface area contributed by atoms with Crippen LogP contribution >= 0.6 is 11.6 Å². The van der Waals surface area contributed by atoms with Crippen LogP contribution in [0, 0.1) is 11.3 Å². The molecule has 0 bridgehead atoms. The maximum absolute atomic E-state index is 12.0. The molecule has 0 radical (unpaired) electrons. The SMILES string of the molecule is N#C/C(=C\c1cccc(OCC(=O)Nc2ccccc2)c1)c1ccc(Cl)cc1. The molecule has 3 rings (SSSR count). The number of hydrogen-bond donors (Lipinski definition) is 1. The Bertz CT molecular complexity index is 1020. The molecule has 0 spiro atoms. The van der Waals surface area contributed by atoms with Crippen molar-refractivity contribution in [3.8, 4) is 11.8 Å². The second-order valence-corrected chi connectivity index (χ2v) is 6.39. The van der Waals surface area contributed by atoms with Gasteiger partial charge in [-0.05, 0) is 53.6 Å².